The first kappa shape index (κ1) is 17.3. The number of carbonyl (C=O) groups excluding carboxylic acids is 2. The first-order valence-corrected chi connectivity index (χ1v) is 9.23. The van der Waals surface area contributed by atoms with Gasteiger partial charge in [0.2, 0.25) is 0 Å². The van der Waals surface area contributed by atoms with Crippen LogP contribution in [-0.2, 0) is 14.6 Å². The van der Waals surface area contributed by atoms with Crippen LogP contribution in [0.25, 0.3) is 0 Å². The smallest absolute Gasteiger partial charge is 0.409 e. The highest BCUT2D eigenvalue weighted by Gasteiger charge is 2.25. The van der Waals surface area contributed by atoms with Crippen LogP contribution < -0.4 is 0 Å². The predicted octanol–water partition coefficient (Wildman–Crippen LogP) is 1.00. The minimum Gasteiger partial charge on any atom is -0.450 e. The zero-order valence-electron chi connectivity index (χ0n) is 13.2. The van der Waals surface area contributed by atoms with E-state index in [1.165, 1.54) is 12.1 Å². The summed E-state index contributed by atoms with van der Waals surface area (Å²) in [5.74, 6) is -0.237. The standard InChI is InChI=1S/C15H20N2O5S/c1-3-22-15(19)17-9-7-16(8-10-17)14(18)12-5-4-6-13(11-12)23(2,20)21/h4-6,11H,3,7-10H2,1-2H3. The average Bonchev–Trinajstić information content (AvgIpc) is 2.54. The number of amides is 2. The van der Waals surface area contributed by atoms with E-state index in [1.54, 1.807) is 28.9 Å². The van der Waals surface area contributed by atoms with E-state index in [2.05, 4.69) is 0 Å². The van der Waals surface area contributed by atoms with Crippen LogP contribution in [0.3, 0.4) is 0 Å². The van der Waals surface area contributed by atoms with Gasteiger partial charge < -0.3 is 14.5 Å². The van der Waals surface area contributed by atoms with Crippen LogP contribution in [0.5, 0.6) is 0 Å². The van der Waals surface area contributed by atoms with E-state index in [9.17, 15) is 18.0 Å². The zero-order valence-corrected chi connectivity index (χ0v) is 14.0. The second-order valence-electron chi connectivity index (χ2n) is 5.28. The van der Waals surface area contributed by atoms with Crippen molar-refractivity contribution in [2.45, 2.75) is 11.8 Å². The van der Waals surface area contributed by atoms with Crippen LogP contribution in [0.1, 0.15) is 17.3 Å². The minimum atomic E-state index is -3.36. The molecule has 2 rings (SSSR count). The van der Waals surface area contributed by atoms with Crippen LogP contribution in [0, 0.1) is 0 Å². The van der Waals surface area contributed by atoms with E-state index in [0.29, 0.717) is 38.3 Å². The largest absolute Gasteiger partial charge is 0.450 e. The number of hydrogen-bond donors (Lipinski definition) is 0. The maximum Gasteiger partial charge on any atom is 0.409 e. The summed E-state index contributed by atoms with van der Waals surface area (Å²) in [5, 5.41) is 0. The number of ether oxygens (including phenoxy) is 1. The van der Waals surface area contributed by atoms with Crippen LogP contribution in [0.2, 0.25) is 0 Å². The third kappa shape index (κ3) is 4.22. The molecule has 0 aromatic heterocycles. The molecule has 0 unspecified atom stereocenters. The highest BCUT2D eigenvalue weighted by molar-refractivity contribution is 7.90. The Morgan fingerprint density at radius 2 is 1.74 bits per heavy atom. The quantitative estimate of drug-likeness (QED) is 0.820. The Morgan fingerprint density at radius 1 is 1.13 bits per heavy atom. The molecular formula is C15H20N2O5S. The number of carbonyl (C=O) groups is 2. The monoisotopic (exact) mass is 340 g/mol. The van der Waals surface area contributed by atoms with Crippen molar-refractivity contribution in [1.82, 2.24) is 9.80 Å². The van der Waals surface area contributed by atoms with Gasteiger partial charge in [-0.1, -0.05) is 6.07 Å². The number of nitrogens with zero attached hydrogens (tertiary/aromatic N) is 2. The summed E-state index contributed by atoms with van der Waals surface area (Å²) >= 11 is 0. The van der Waals surface area contributed by atoms with E-state index in [0.717, 1.165) is 6.26 Å². The first-order valence-electron chi connectivity index (χ1n) is 7.34. The van der Waals surface area contributed by atoms with Crippen molar-refractivity contribution in [3.63, 3.8) is 0 Å². The molecule has 7 nitrogen and oxygen atoms in total. The van der Waals surface area contributed by atoms with E-state index in [-0.39, 0.29) is 16.9 Å². The molecule has 1 aromatic rings. The van der Waals surface area contributed by atoms with Crippen LogP contribution in [-0.4, -0.2) is 69.3 Å². The molecule has 2 amide bonds. The molecule has 126 valence electrons. The third-order valence-corrected chi connectivity index (χ3v) is 4.71. The van der Waals surface area contributed by atoms with Crippen molar-refractivity contribution in [3.05, 3.63) is 29.8 Å². The van der Waals surface area contributed by atoms with Gasteiger partial charge in [-0.05, 0) is 25.1 Å². The number of benzene rings is 1. The molecule has 1 saturated heterocycles. The van der Waals surface area contributed by atoms with Crippen molar-refractivity contribution in [3.8, 4) is 0 Å². The number of sulfone groups is 1. The molecule has 8 heteroatoms. The predicted molar refractivity (Wildman–Crippen MR) is 84.1 cm³/mol. The molecule has 0 spiro atoms. The maximum atomic E-state index is 12.5. The summed E-state index contributed by atoms with van der Waals surface area (Å²) in [6.07, 6.45) is 0.730. The van der Waals surface area contributed by atoms with E-state index in [4.69, 9.17) is 4.74 Å². The molecule has 23 heavy (non-hydrogen) atoms. The molecule has 0 bridgehead atoms. The lowest BCUT2D eigenvalue weighted by Crippen LogP contribution is -2.50. The number of rotatable bonds is 3. The Morgan fingerprint density at radius 3 is 2.30 bits per heavy atom. The van der Waals surface area contributed by atoms with E-state index < -0.39 is 9.84 Å². The lowest BCUT2D eigenvalue weighted by molar-refractivity contribution is 0.0570. The SMILES string of the molecule is CCOC(=O)N1CCN(C(=O)c2cccc(S(C)(=O)=O)c2)CC1. The summed E-state index contributed by atoms with van der Waals surface area (Å²) in [6.45, 7) is 3.64. The fourth-order valence-electron chi connectivity index (χ4n) is 2.35. The second kappa shape index (κ2) is 6.99. The van der Waals surface area contributed by atoms with Gasteiger partial charge in [-0.2, -0.15) is 0 Å². The van der Waals surface area contributed by atoms with Gasteiger partial charge in [-0.15, -0.1) is 0 Å². The summed E-state index contributed by atoms with van der Waals surface area (Å²) in [7, 11) is -3.36. The third-order valence-electron chi connectivity index (χ3n) is 3.60. The Balaban J connectivity index is 2.04. The van der Waals surface area contributed by atoms with Gasteiger partial charge in [0.15, 0.2) is 9.84 Å². The molecule has 1 aliphatic rings. The van der Waals surface area contributed by atoms with Crippen molar-refractivity contribution in [1.29, 1.82) is 0 Å². The molecule has 0 radical (unpaired) electrons. The molecule has 1 aliphatic heterocycles. The lowest BCUT2D eigenvalue weighted by atomic mass is 10.2. The van der Waals surface area contributed by atoms with Crippen molar-refractivity contribution in [2.75, 3.05) is 39.0 Å². The molecular weight excluding hydrogens is 320 g/mol. The van der Waals surface area contributed by atoms with Crippen molar-refractivity contribution < 1.29 is 22.7 Å². The number of hydrogen-bond acceptors (Lipinski definition) is 5. The molecule has 0 aliphatic carbocycles. The van der Waals surface area contributed by atoms with Gasteiger partial charge in [0.25, 0.3) is 5.91 Å². The fraction of sp³-hybridized carbons (Fsp3) is 0.467. The molecule has 0 N–H and O–H groups in total. The van der Waals surface area contributed by atoms with E-state index >= 15 is 0 Å². The summed E-state index contributed by atoms with van der Waals surface area (Å²) in [5.41, 5.74) is 0.331. The van der Waals surface area contributed by atoms with Gasteiger partial charge in [0.05, 0.1) is 11.5 Å². The zero-order chi connectivity index (χ0) is 17.0. The van der Waals surface area contributed by atoms with Gasteiger partial charge >= 0.3 is 6.09 Å². The molecule has 0 saturated carbocycles. The number of piperazine rings is 1. The second-order valence-corrected chi connectivity index (χ2v) is 7.29. The maximum absolute atomic E-state index is 12.5. The fourth-order valence-corrected chi connectivity index (χ4v) is 3.02. The normalized spacial score (nSPS) is 15.4. The summed E-state index contributed by atoms with van der Waals surface area (Å²) < 4.78 is 28.1. The van der Waals surface area contributed by atoms with Gasteiger partial charge in [0, 0.05) is 38.0 Å². The molecule has 1 fully saturated rings. The summed E-state index contributed by atoms with van der Waals surface area (Å²) in [6, 6.07) is 5.99. The Bertz CT molecular complexity index is 694. The lowest BCUT2D eigenvalue weighted by Gasteiger charge is -2.34. The average molecular weight is 340 g/mol. The Kier molecular flexibility index (Phi) is 5.25. The van der Waals surface area contributed by atoms with Crippen LogP contribution in [0.4, 0.5) is 4.79 Å². The van der Waals surface area contributed by atoms with E-state index in [1.807, 2.05) is 0 Å². The van der Waals surface area contributed by atoms with Gasteiger partial charge in [0.1, 0.15) is 0 Å². The van der Waals surface area contributed by atoms with Crippen molar-refractivity contribution >= 4 is 21.8 Å². The van der Waals surface area contributed by atoms with Crippen molar-refractivity contribution in [2.24, 2.45) is 0 Å². The Labute approximate surface area is 135 Å². The first-order chi connectivity index (χ1) is 10.8. The topological polar surface area (TPSA) is 84.0 Å². The molecule has 1 heterocycles. The highest BCUT2D eigenvalue weighted by Crippen LogP contribution is 2.14. The highest BCUT2D eigenvalue weighted by atomic mass is 32.2. The minimum absolute atomic E-state index is 0.119. The summed E-state index contributed by atoms with van der Waals surface area (Å²) in [4.78, 5) is 27.4. The van der Waals surface area contributed by atoms with Crippen LogP contribution >= 0.6 is 0 Å². The molecule has 1 aromatic carbocycles. The van der Waals surface area contributed by atoms with Gasteiger partial charge in [-0.25, -0.2) is 13.2 Å². The molecule has 0 atom stereocenters. The van der Waals surface area contributed by atoms with Gasteiger partial charge in [-0.3, -0.25) is 4.79 Å². The Hall–Kier alpha value is -2.09. The van der Waals surface area contributed by atoms with Crippen LogP contribution in [0.15, 0.2) is 29.2 Å².